The summed E-state index contributed by atoms with van der Waals surface area (Å²) in [4.78, 5) is 91.6. The van der Waals surface area contributed by atoms with Gasteiger partial charge in [0, 0.05) is 63.1 Å². The molecule has 3 aromatic rings. The average Bonchev–Trinajstić information content (AvgIpc) is 3.70. The zero-order valence-corrected chi connectivity index (χ0v) is 32.0. The predicted octanol–water partition coefficient (Wildman–Crippen LogP) is 2.89. The number of benzene rings is 2. The number of piperazine rings is 1. The lowest BCUT2D eigenvalue weighted by Crippen LogP contribution is -2.54. The van der Waals surface area contributed by atoms with Crippen LogP contribution in [-0.4, -0.2) is 95.7 Å². The lowest BCUT2D eigenvalue weighted by molar-refractivity contribution is -0.144. The van der Waals surface area contributed by atoms with E-state index in [2.05, 4.69) is 21.3 Å². The van der Waals surface area contributed by atoms with Crippen molar-refractivity contribution in [2.75, 3.05) is 49.5 Å². The molecule has 57 heavy (non-hydrogen) atoms. The van der Waals surface area contributed by atoms with E-state index in [4.69, 9.17) is 10.5 Å². The van der Waals surface area contributed by atoms with Gasteiger partial charge in [-0.2, -0.15) is 0 Å². The van der Waals surface area contributed by atoms with Crippen LogP contribution in [0.1, 0.15) is 68.3 Å². The molecule has 2 heterocycles. The topological polar surface area (TPSA) is 234 Å². The number of pyridine rings is 1. The van der Waals surface area contributed by atoms with Gasteiger partial charge in [-0.05, 0) is 69.4 Å². The second-order valence-electron chi connectivity index (χ2n) is 14.1. The van der Waals surface area contributed by atoms with E-state index < -0.39 is 58.2 Å². The molecule has 0 spiro atoms. The Morgan fingerprint density at radius 3 is 2.26 bits per heavy atom. The second-order valence-corrected chi connectivity index (χ2v) is 14.1. The number of carboxylic acid groups (broad SMARTS) is 1. The third-order valence-corrected chi connectivity index (χ3v) is 10.4. The minimum atomic E-state index is -1.39. The summed E-state index contributed by atoms with van der Waals surface area (Å²) in [6.45, 7) is 5.45. The predicted molar refractivity (Wildman–Crippen MR) is 208 cm³/mol. The number of nitrogens with zero attached hydrogens (tertiary/aromatic N) is 3. The van der Waals surface area contributed by atoms with E-state index in [1.54, 1.807) is 47.6 Å². The van der Waals surface area contributed by atoms with Gasteiger partial charge in [0.25, 0.3) is 0 Å². The van der Waals surface area contributed by atoms with Crippen LogP contribution in [0.2, 0.25) is 0 Å². The minimum absolute atomic E-state index is 0.0262. The molecule has 5 rings (SSSR count). The molecule has 2 aliphatic rings. The fourth-order valence-electron chi connectivity index (χ4n) is 7.28. The van der Waals surface area contributed by atoms with Crippen molar-refractivity contribution < 1.29 is 43.0 Å². The van der Waals surface area contributed by atoms with Crippen molar-refractivity contribution in [1.82, 2.24) is 25.4 Å². The number of carbonyl (C=O) groups is 6. The summed E-state index contributed by atoms with van der Waals surface area (Å²) < 4.78 is 22.4. The maximum atomic E-state index is 15.3. The summed E-state index contributed by atoms with van der Waals surface area (Å²) in [5.74, 6) is -3.46. The number of aryl methyl sites for hydroxylation is 1. The van der Waals surface area contributed by atoms with Gasteiger partial charge in [0.15, 0.2) is 0 Å². The number of nitrogens with two attached hydrogens (primary N) is 1. The number of ether oxygens (including phenoxy) is 1. The van der Waals surface area contributed by atoms with Crippen LogP contribution in [0.3, 0.4) is 0 Å². The molecule has 306 valence electrons. The zero-order valence-electron chi connectivity index (χ0n) is 32.0. The number of hydrogen-bond donors (Lipinski definition) is 6. The molecule has 1 saturated heterocycles. The first-order valence-corrected chi connectivity index (χ1v) is 19.1. The Hall–Kier alpha value is -6.20. The Labute approximate surface area is 328 Å². The largest absolute Gasteiger partial charge is 0.477 e. The number of fused-ring (bicyclic) bond motifs is 1. The Bertz CT molecular complexity index is 2060. The lowest BCUT2D eigenvalue weighted by atomic mass is 9.83. The SMILES string of the molecule is CCNC(=O)C1(C(=O)NC(CCCNC(N)=O)C(=O)Nc2ccc(COC(=O)N3CCN(c4cc5c(cc4F)c(=O)c(C(=O)O)cn5CC)CC3)cc2)CCCC1. The monoisotopic (exact) mass is 792 g/mol. The molecular weight excluding hydrogens is 743 g/mol. The van der Waals surface area contributed by atoms with Gasteiger partial charge in [-0.1, -0.05) is 25.0 Å². The maximum Gasteiger partial charge on any atom is 0.410 e. The molecular formula is C39H49FN8O9. The molecule has 1 aliphatic heterocycles. The van der Waals surface area contributed by atoms with Gasteiger partial charge in [0.1, 0.15) is 29.4 Å². The summed E-state index contributed by atoms with van der Waals surface area (Å²) in [6, 6.07) is 7.46. The quantitative estimate of drug-likeness (QED) is 0.0973. The molecule has 6 amide bonds. The van der Waals surface area contributed by atoms with E-state index in [1.165, 1.54) is 17.2 Å². The van der Waals surface area contributed by atoms with Crippen LogP contribution < -0.4 is 37.3 Å². The van der Waals surface area contributed by atoms with E-state index >= 15 is 4.39 Å². The highest BCUT2D eigenvalue weighted by molar-refractivity contribution is 6.07. The first kappa shape index (κ1) is 42.0. The zero-order chi connectivity index (χ0) is 41.3. The van der Waals surface area contributed by atoms with Crippen LogP contribution in [0.4, 0.5) is 25.4 Å². The number of aromatic carboxylic acids is 1. The Morgan fingerprint density at radius 1 is 0.965 bits per heavy atom. The summed E-state index contributed by atoms with van der Waals surface area (Å²) in [7, 11) is 0. The van der Waals surface area contributed by atoms with Gasteiger partial charge in [0.05, 0.1) is 11.2 Å². The van der Waals surface area contributed by atoms with Gasteiger partial charge < -0.3 is 51.2 Å². The fourth-order valence-corrected chi connectivity index (χ4v) is 7.28. The second kappa shape index (κ2) is 18.6. The molecule has 1 unspecified atom stereocenters. The van der Waals surface area contributed by atoms with Crippen molar-refractivity contribution >= 4 is 58.1 Å². The number of hydrogen-bond acceptors (Lipinski definition) is 9. The molecule has 1 aliphatic carbocycles. The molecule has 1 aromatic heterocycles. The molecule has 1 saturated carbocycles. The van der Waals surface area contributed by atoms with E-state index in [0.717, 1.165) is 6.07 Å². The number of nitrogens with one attached hydrogen (secondary N) is 4. The third kappa shape index (κ3) is 9.79. The number of urea groups is 1. The molecule has 7 N–H and O–H groups in total. The van der Waals surface area contributed by atoms with Crippen LogP contribution in [0.5, 0.6) is 0 Å². The summed E-state index contributed by atoms with van der Waals surface area (Å²) in [6.07, 6.45) is 3.35. The number of carboxylic acids is 1. The molecule has 2 fully saturated rings. The Morgan fingerprint density at radius 2 is 1.65 bits per heavy atom. The number of anilines is 2. The van der Waals surface area contributed by atoms with Crippen molar-refractivity contribution in [3.8, 4) is 0 Å². The molecule has 18 heteroatoms. The van der Waals surface area contributed by atoms with Crippen LogP contribution >= 0.6 is 0 Å². The van der Waals surface area contributed by atoms with Crippen LogP contribution in [0.15, 0.2) is 47.4 Å². The summed E-state index contributed by atoms with van der Waals surface area (Å²) in [5, 5.41) is 20.2. The molecule has 1 atom stereocenters. The Balaban J connectivity index is 1.16. The van der Waals surface area contributed by atoms with E-state index in [0.29, 0.717) is 62.0 Å². The Kier molecular flexibility index (Phi) is 13.7. The number of rotatable bonds is 15. The summed E-state index contributed by atoms with van der Waals surface area (Å²) >= 11 is 0. The van der Waals surface area contributed by atoms with Gasteiger partial charge in [0.2, 0.25) is 23.2 Å². The standard InChI is InChI=1S/C39H49FN8O9/c1-3-42-35(53)39(13-5-6-14-39)36(54)45-29(8-7-15-43-37(41)55)33(50)44-25-11-9-24(10-12-25)23-57-38(56)48-18-16-47(17-19-48)31-21-30-26(20-28(31)40)32(49)27(34(51)52)22-46(30)4-2/h9-12,20-22,29H,3-8,13-19,23H2,1-2H3,(H,42,53)(H,44,50)(H,45,54)(H,51,52)(H3,41,43,55). The van der Waals surface area contributed by atoms with Crippen molar-refractivity contribution in [2.24, 2.45) is 11.1 Å². The minimum Gasteiger partial charge on any atom is -0.477 e. The normalized spacial score (nSPS) is 15.4. The van der Waals surface area contributed by atoms with Crippen LogP contribution in [-0.2, 0) is 32.3 Å². The highest BCUT2D eigenvalue weighted by Gasteiger charge is 2.48. The molecule has 0 radical (unpaired) electrons. The number of carbonyl (C=O) groups excluding carboxylic acids is 5. The number of aromatic nitrogens is 1. The van der Waals surface area contributed by atoms with Crippen LogP contribution in [0.25, 0.3) is 10.9 Å². The van der Waals surface area contributed by atoms with E-state index in [9.17, 15) is 38.7 Å². The van der Waals surface area contributed by atoms with E-state index in [-0.39, 0.29) is 62.7 Å². The maximum absolute atomic E-state index is 15.3. The van der Waals surface area contributed by atoms with Gasteiger partial charge >= 0.3 is 18.1 Å². The smallest absolute Gasteiger partial charge is 0.410 e. The first-order valence-electron chi connectivity index (χ1n) is 19.1. The van der Waals surface area contributed by atoms with Gasteiger partial charge in [-0.15, -0.1) is 0 Å². The van der Waals surface area contributed by atoms with Gasteiger partial charge in [-0.3, -0.25) is 19.2 Å². The van der Waals surface area contributed by atoms with Crippen LogP contribution in [0, 0.1) is 11.2 Å². The van der Waals surface area contributed by atoms with E-state index in [1.807, 2.05) is 0 Å². The molecule has 2 aromatic carbocycles. The molecule has 17 nitrogen and oxygen atoms in total. The summed E-state index contributed by atoms with van der Waals surface area (Å²) in [5.41, 5.74) is 4.39. The van der Waals surface area contributed by atoms with Crippen molar-refractivity contribution in [2.45, 2.75) is 71.6 Å². The first-order chi connectivity index (χ1) is 27.3. The fraction of sp³-hybridized carbons (Fsp3) is 0.462. The average molecular weight is 793 g/mol. The number of primary amides is 1. The number of halogens is 1. The van der Waals surface area contributed by atoms with Gasteiger partial charge in [-0.25, -0.2) is 18.8 Å². The third-order valence-electron chi connectivity index (χ3n) is 10.4. The lowest BCUT2D eigenvalue weighted by Gasteiger charge is -2.35. The highest BCUT2D eigenvalue weighted by atomic mass is 19.1. The number of amides is 6. The molecule has 0 bridgehead atoms. The van der Waals surface area contributed by atoms with Crippen molar-refractivity contribution in [1.29, 1.82) is 0 Å². The van der Waals surface area contributed by atoms with Crippen molar-refractivity contribution in [3.05, 3.63) is 69.8 Å². The highest BCUT2D eigenvalue weighted by Crippen LogP contribution is 2.39. The van der Waals surface area contributed by atoms with Crippen molar-refractivity contribution in [3.63, 3.8) is 0 Å².